The van der Waals surface area contributed by atoms with Crippen LogP contribution < -0.4 is 5.32 Å². The summed E-state index contributed by atoms with van der Waals surface area (Å²) in [5.41, 5.74) is 0.475. The molecule has 0 radical (unpaired) electrons. The topological polar surface area (TPSA) is 75.0 Å². The van der Waals surface area contributed by atoms with Gasteiger partial charge >= 0.3 is 6.09 Å². The summed E-state index contributed by atoms with van der Waals surface area (Å²) in [6.07, 6.45) is -0.626. The van der Waals surface area contributed by atoms with Gasteiger partial charge in [-0.15, -0.1) is 0 Å². The van der Waals surface area contributed by atoms with Gasteiger partial charge < -0.3 is 4.74 Å². The molecule has 6 heteroatoms. The number of nitrogens with zero attached hydrogens (tertiary/aromatic N) is 2. The van der Waals surface area contributed by atoms with Crippen LogP contribution in [0, 0.1) is 17.1 Å². The van der Waals surface area contributed by atoms with Crippen molar-refractivity contribution in [2.45, 2.75) is 26.4 Å². The fourth-order valence-corrected chi connectivity index (χ4v) is 1.88. The minimum absolute atomic E-state index is 0.201. The van der Waals surface area contributed by atoms with Crippen molar-refractivity contribution in [2.75, 3.05) is 5.32 Å². The lowest BCUT2D eigenvalue weighted by atomic mass is 10.1. The molecule has 0 saturated carbocycles. The second-order valence-corrected chi connectivity index (χ2v) is 5.88. The second-order valence-electron chi connectivity index (χ2n) is 5.88. The summed E-state index contributed by atoms with van der Waals surface area (Å²) in [5.74, 6) is -0.245. The maximum atomic E-state index is 13.5. The van der Waals surface area contributed by atoms with Gasteiger partial charge in [-0.3, -0.25) is 5.32 Å². The van der Waals surface area contributed by atoms with Gasteiger partial charge in [-0.1, -0.05) is 6.07 Å². The van der Waals surface area contributed by atoms with E-state index in [1.54, 1.807) is 39.0 Å². The van der Waals surface area contributed by atoms with Crippen LogP contribution in [-0.2, 0) is 4.74 Å². The van der Waals surface area contributed by atoms with Crippen LogP contribution in [-0.4, -0.2) is 16.7 Å². The van der Waals surface area contributed by atoms with Crippen LogP contribution in [0.3, 0.4) is 0 Å². The van der Waals surface area contributed by atoms with E-state index in [-0.39, 0.29) is 11.4 Å². The van der Waals surface area contributed by atoms with Crippen molar-refractivity contribution in [1.82, 2.24) is 4.98 Å². The van der Waals surface area contributed by atoms with Crippen LogP contribution in [0.2, 0.25) is 0 Å². The highest BCUT2D eigenvalue weighted by atomic mass is 19.1. The Kier molecular flexibility index (Phi) is 4.60. The molecule has 0 bridgehead atoms. The van der Waals surface area contributed by atoms with E-state index in [4.69, 9.17) is 10.00 Å². The van der Waals surface area contributed by atoms with E-state index in [0.717, 1.165) is 6.07 Å². The fourth-order valence-electron chi connectivity index (χ4n) is 1.88. The molecule has 0 aliphatic carbocycles. The lowest BCUT2D eigenvalue weighted by Gasteiger charge is -2.19. The van der Waals surface area contributed by atoms with Crippen molar-refractivity contribution in [3.63, 3.8) is 0 Å². The summed E-state index contributed by atoms with van der Waals surface area (Å²) in [6.45, 7) is 5.27. The number of rotatable bonds is 2. The van der Waals surface area contributed by atoms with E-state index >= 15 is 0 Å². The Morgan fingerprint density at radius 2 is 2.04 bits per heavy atom. The number of hydrogen-bond donors (Lipinski definition) is 1. The van der Waals surface area contributed by atoms with E-state index in [1.165, 1.54) is 12.1 Å². The van der Waals surface area contributed by atoms with Gasteiger partial charge in [0.15, 0.2) is 0 Å². The highest BCUT2D eigenvalue weighted by Gasteiger charge is 2.16. The Balaban J connectivity index is 2.25. The van der Waals surface area contributed by atoms with Gasteiger partial charge in [0.05, 0.1) is 17.3 Å². The zero-order valence-corrected chi connectivity index (χ0v) is 13.1. The molecular formula is C17H16FN3O2. The van der Waals surface area contributed by atoms with Gasteiger partial charge in [-0.25, -0.2) is 14.2 Å². The summed E-state index contributed by atoms with van der Waals surface area (Å²) >= 11 is 0. The van der Waals surface area contributed by atoms with Crippen molar-refractivity contribution in [1.29, 1.82) is 5.26 Å². The number of aromatic nitrogens is 1. The maximum absolute atomic E-state index is 13.5. The quantitative estimate of drug-likeness (QED) is 0.905. The molecule has 1 N–H and O–H groups in total. The standard InChI is InChI=1S/C17H16FN3O2/c1-17(2,3)23-16(22)21-15-6-4-5-14(20-15)12-7-11(10-19)8-13(18)9-12/h4-9H,1-3H3,(H,20,21,22). The number of carbonyl (C=O) groups is 1. The SMILES string of the molecule is CC(C)(C)OC(=O)Nc1cccc(-c2cc(F)cc(C#N)c2)n1. The monoisotopic (exact) mass is 313 g/mol. The first kappa shape index (κ1) is 16.4. The van der Waals surface area contributed by atoms with E-state index in [1.807, 2.05) is 6.07 Å². The van der Waals surface area contributed by atoms with E-state index in [9.17, 15) is 9.18 Å². The minimum atomic E-state index is -0.626. The molecule has 1 amide bonds. The molecule has 0 saturated heterocycles. The smallest absolute Gasteiger partial charge is 0.413 e. The average molecular weight is 313 g/mol. The lowest BCUT2D eigenvalue weighted by Crippen LogP contribution is -2.27. The second kappa shape index (κ2) is 6.44. The summed E-state index contributed by atoms with van der Waals surface area (Å²) in [5, 5.41) is 11.4. The number of anilines is 1. The van der Waals surface area contributed by atoms with E-state index < -0.39 is 17.5 Å². The molecule has 2 rings (SSSR count). The number of nitrogens with one attached hydrogen (secondary N) is 1. The van der Waals surface area contributed by atoms with Gasteiger partial charge in [0, 0.05) is 5.56 Å². The third kappa shape index (κ3) is 4.78. The largest absolute Gasteiger partial charge is 0.444 e. The van der Waals surface area contributed by atoms with Crippen LogP contribution >= 0.6 is 0 Å². The first-order valence-electron chi connectivity index (χ1n) is 6.95. The van der Waals surface area contributed by atoms with Crippen molar-refractivity contribution in [3.8, 4) is 17.3 Å². The summed E-state index contributed by atoms with van der Waals surface area (Å²) < 4.78 is 18.7. The van der Waals surface area contributed by atoms with Gasteiger partial charge in [-0.05, 0) is 51.1 Å². The van der Waals surface area contributed by atoms with Crippen LogP contribution in [0.5, 0.6) is 0 Å². The number of pyridine rings is 1. The third-order valence-electron chi connectivity index (χ3n) is 2.70. The normalized spacial score (nSPS) is 10.7. The first-order valence-corrected chi connectivity index (χ1v) is 6.95. The molecule has 2 aromatic rings. The van der Waals surface area contributed by atoms with E-state index in [2.05, 4.69) is 10.3 Å². The molecule has 0 aliphatic rings. The Bertz CT molecular complexity index is 776. The molecule has 5 nitrogen and oxygen atoms in total. The first-order chi connectivity index (χ1) is 10.8. The number of amides is 1. The predicted octanol–water partition coefficient (Wildman–Crippen LogP) is 4.11. The molecule has 1 aromatic carbocycles. The number of benzene rings is 1. The molecule has 118 valence electrons. The highest BCUT2D eigenvalue weighted by Crippen LogP contribution is 2.22. The number of carbonyl (C=O) groups excluding carboxylic acids is 1. The molecule has 23 heavy (non-hydrogen) atoms. The molecule has 0 spiro atoms. The van der Waals surface area contributed by atoms with Crippen molar-refractivity contribution in [2.24, 2.45) is 0 Å². The summed E-state index contributed by atoms with van der Waals surface area (Å²) in [4.78, 5) is 16.0. The lowest BCUT2D eigenvalue weighted by molar-refractivity contribution is 0.0635. The van der Waals surface area contributed by atoms with Gasteiger partial charge in [0.25, 0.3) is 0 Å². The third-order valence-corrected chi connectivity index (χ3v) is 2.70. The molecule has 0 fully saturated rings. The molecular weight excluding hydrogens is 297 g/mol. The van der Waals surface area contributed by atoms with Crippen LogP contribution in [0.4, 0.5) is 15.0 Å². The number of nitriles is 1. The van der Waals surface area contributed by atoms with Crippen molar-refractivity contribution in [3.05, 3.63) is 47.8 Å². The zero-order chi connectivity index (χ0) is 17.0. The van der Waals surface area contributed by atoms with Crippen LogP contribution in [0.15, 0.2) is 36.4 Å². The average Bonchev–Trinajstić information content (AvgIpc) is 2.44. The Morgan fingerprint density at radius 3 is 2.70 bits per heavy atom. The molecule has 0 aliphatic heterocycles. The molecule has 1 heterocycles. The van der Waals surface area contributed by atoms with Gasteiger partial charge in [-0.2, -0.15) is 5.26 Å². The Hall–Kier alpha value is -2.94. The predicted molar refractivity (Wildman–Crippen MR) is 84.2 cm³/mol. The van der Waals surface area contributed by atoms with Gasteiger partial charge in [0.1, 0.15) is 17.2 Å². The minimum Gasteiger partial charge on any atom is -0.444 e. The molecule has 0 atom stereocenters. The number of halogens is 1. The number of ether oxygens (including phenoxy) is 1. The van der Waals surface area contributed by atoms with Crippen molar-refractivity contribution < 1.29 is 13.9 Å². The molecule has 0 unspecified atom stereocenters. The summed E-state index contributed by atoms with van der Waals surface area (Å²) in [6, 6.07) is 10.8. The maximum Gasteiger partial charge on any atom is 0.413 e. The van der Waals surface area contributed by atoms with Gasteiger partial charge in [0.2, 0.25) is 0 Å². The highest BCUT2D eigenvalue weighted by molar-refractivity contribution is 5.84. The van der Waals surface area contributed by atoms with Crippen LogP contribution in [0.25, 0.3) is 11.3 Å². The fraction of sp³-hybridized carbons (Fsp3) is 0.235. The van der Waals surface area contributed by atoms with Crippen LogP contribution in [0.1, 0.15) is 26.3 Å². The van der Waals surface area contributed by atoms with E-state index in [0.29, 0.717) is 11.3 Å². The Labute approximate surface area is 133 Å². The molecule has 1 aromatic heterocycles. The van der Waals surface area contributed by atoms with Crippen molar-refractivity contribution >= 4 is 11.9 Å². The zero-order valence-electron chi connectivity index (χ0n) is 13.1. The number of hydrogen-bond acceptors (Lipinski definition) is 4. The Morgan fingerprint density at radius 1 is 1.30 bits per heavy atom. The summed E-state index contributed by atoms with van der Waals surface area (Å²) in [7, 11) is 0.